The van der Waals surface area contributed by atoms with Crippen molar-refractivity contribution < 1.29 is 14.4 Å². The summed E-state index contributed by atoms with van der Waals surface area (Å²) >= 11 is 12.1. The fourth-order valence-electron chi connectivity index (χ4n) is 3.76. The third-order valence-corrected chi connectivity index (χ3v) is 6.24. The first-order chi connectivity index (χ1) is 16.9. The molecule has 0 unspecified atom stereocenters. The standard InChI is InChI=1S/C26H24Cl2N4O3/c27-19-8-11-22(23(28)16-19)26(35)32-14-12-31(13-15-32)24(33)17-29-25(34)18-6-9-21(10-7-18)30-20-4-2-1-3-5-20/h1-11,16,30H,12-15,17H2,(H,29,34). The van der Waals surface area contributed by atoms with Gasteiger partial charge in [-0.3, -0.25) is 14.4 Å². The molecule has 0 aliphatic carbocycles. The molecule has 3 aromatic carbocycles. The first kappa shape index (κ1) is 24.6. The maximum absolute atomic E-state index is 12.7. The van der Waals surface area contributed by atoms with E-state index in [9.17, 15) is 14.4 Å². The van der Waals surface area contributed by atoms with E-state index in [1.807, 2.05) is 42.5 Å². The number of hydrogen-bond acceptors (Lipinski definition) is 4. The van der Waals surface area contributed by atoms with E-state index in [1.165, 1.54) is 6.07 Å². The van der Waals surface area contributed by atoms with Crippen LogP contribution in [0.5, 0.6) is 0 Å². The highest BCUT2D eigenvalue weighted by atomic mass is 35.5. The highest BCUT2D eigenvalue weighted by Gasteiger charge is 2.26. The van der Waals surface area contributed by atoms with Gasteiger partial charge in [-0.05, 0) is 54.6 Å². The van der Waals surface area contributed by atoms with Crippen molar-refractivity contribution in [1.82, 2.24) is 15.1 Å². The molecule has 4 rings (SSSR count). The van der Waals surface area contributed by atoms with E-state index >= 15 is 0 Å². The predicted octanol–water partition coefficient (Wildman–Crippen LogP) is 4.45. The second-order valence-corrected chi connectivity index (χ2v) is 8.89. The Labute approximate surface area is 213 Å². The van der Waals surface area contributed by atoms with Crippen LogP contribution in [0.3, 0.4) is 0 Å². The molecule has 1 fully saturated rings. The van der Waals surface area contributed by atoms with Crippen molar-refractivity contribution in [2.75, 3.05) is 38.0 Å². The van der Waals surface area contributed by atoms with Crippen LogP contribution in [0.4, 0.5) is 11.4 Å². The van der Waals surface area contributed by atoms with E-state index in [0.717, 1.165) is 11.4 Å². The van der Waals surface area contributed by atoms with Crippen molar-refractivity contribution >= 4 is 52.3 Å². The number of nitrogens with zero attached hydrogens (tertiary/aromatic N) is 2. The molecule has 180 valence electrons. The van der Waals surface area contributed by atoms with Gasteiger partial charge in [0.15, 0.2) is 0 Å². The van der Waals surface area contributed by atoms with E-state index < -0.39 is 0 Å². The van der Waals surface area contributed by atoms with Gasteiger partial charge in [-0.1, -0.05) is 41.4 Å². The van der Waals surface area contributed by atoms with Crippen molar-refractivity contribution in [2.24, 2.45) is 0 Å². The minimum atomic E-state index is -0.323. The zero-order chi connectivity index (χ0) is 24.8. The molecule has 0 atom stereocenters. The van der Waals surface area contributed by atoms with Gasteiger partial charge in [0.2, 0.25) is 5.91 Å². The summed E-state index contributed by atoms with van der Waals surface area (Å²) in [5.41, 5.74) is 2.66. The molecule has 0 radical (unpaired) electrons. The molecule has 1 saturated heterocycles. The Bertz CT molecular complexity index is 1210. The summed E-state index contributed by atoms with van der Waals surface area (Å²) in [5.74, 6) is -0.717. The van der Waals surface area contributed by atoms with Crippen LogP contribution in [0.15, 0.2) is 72.8 Å². The molecule has 1 aliphatic heterocycles. The highest BCUT2D eigenvalue weighted by Crippen LogP contribution is 2.23. The Hall–Kier alpha value is -3.55. The molecule has 0 saturated carbocycles. The molecule has 9 heteroatoms. The summed E-state index contributed by atoms with van der Waals surface area (Å²) in [6.07, 6.45) is 0. The monoisotopic (exact) mass is 510 g/mol. The zero-order valence-corrected chi connectivity index (χ0v) is 20.4. The Kier molecular flexibility index (Phi) is 7.90. The normalized spacial score (nSPS) is 13.3. The fraction of sp³-hybridized carbons (Fsp3) is 0.192. The van der Waals surface area contributed by atoms with Gasteiger partial charge in [-0.25, -0.2) is 0 Å². The number of amides is 3. The molecule has 7 nitrogen and oxygen atoms in total. The lowest BCUT2D eigenvalue weighted by atomic mass is 10.1. The van der Waals surface area contributed by atoms with Gasteiger partial charge in [0.1, 0.15) is 0 Å². The second-order valence-electron chi connectivity index (χ2n) is 8.05. The van der Waals surface area contributed by atoms with Crippen LogP contribution >= 0.6 is 23.2 Å². The largest absolute Gasteiger partial charge is 0.356 e. The quantitative estimate of drug-likeness (QED) is 0.513. The SMILES string of the molecule is O=C(NCC(=O)N1CCN(C(=O)c2ccc(Cl)cc2Cl)CC1)c1ccc(Nc2ccccc2)cc1. The highest BCUT2D eigenvalue weighted by molar-refractivity contribution is 6.36. The molecule has 3 aromatic rings. The van der Waals surface area contributed by atoms with Gasteiger partial charge in [0.25, 0.3) is 11.8 Å². The lowest BCUT2D eigenvalue weighted by molar-refractivity contribution is -0.131. The molecule has 1 heterocycles. The van der Waals surface area contributed by atoms with Crippen molar-refractivity contribution in [3.05, 3.63) is 94.0 Å². The summed E-state index contributed by atoms with van der Waals surface area (Å²) < 4.78 is 0. The Balaban J connectivity index is 1.24. The van der Waals surface area contributed by atoms with Gasteiger partial charge >= 0.3 is 0 Å². The first-order valence-corrected chi connectivity index (χ1v) is 11.9. The molecule has 3 amide bonds. The molecule has 2 N–H and O–H groups in total. The molecule has 0 bridgehead atoms. The summed E-state index contributed by atoms with van der Waals surface area (Å²) in [4.78, 5) is 41.1. The Morgan fingerprint density at radius 3 is 2.06 bits per heavy atom. The number of anilines is 2. The average molecular weight is 511 g/mol. The third kappa shape index (κ3) is 6.32. The number of carbonyl (C=O) groups excluding carboxylic acids is 3. The van der Waals surface area contributed by atoms with E-state index in [4.69, 9.17) is 23.2 Å². The minimum Gasteiger partial charge on any atom is -0.356 e. The van der Waals surface area contributed by atoms with Crippen molar-refractivity contribution in [3.8, 4) is 0 Å². The van der Waals surface area contributed by atoms with Crippen LogP contribution in [0.1, 0.15) is 20.7 Å². The van der Waals surface area contributed by atoms with E-state index in [1.54, 1.807) is 34.1 Å². The summed E-state index contributed by atoms with van der Waals surface area (Å²) in [6, 6.07) is 21.5. The van der Waals surface area contributed by atoms with Gasteiger partial charge < -0.3 is 20.4 Å². The predicted molar refractivity (Wildman–Crippen MR) is 137 cm³/mol. The van der Waals surface area contributed by atoms with Crippen LogP contribution in [-0.2, 0) is 4.79 Å². The minimum absolute atomic E-state index is 0.111. The van der Waals surface area contributed by atoms with E-state index in [0.29, 0.717) is 47.4 Å². The van der Waals surface area contributed by atoms with E-state index in [2.05, 4.69) is 10.6 Å². The van der Waals surface area contributed by atoms with Crippen LogP contribution < -0.4 is 10.6 Å². The molecular weight excluding hydrogens is 487 g/mol. The van der Waals surface area contributed by atoms with E-state index in [-0.39, 0.29) is 24.3 Å². The van der Waals surface area contributed by atoms with Crippen molar-refractivity contribution in [1.29, 1.82) is 0 Å². The topological polar surface area (TPSA) is 81.8 Å². The van der Waals surface area contributed by atoms with Crippen LogP contribution in [0.25, 0.3) is 0 Å². The number of benzene rings is 3. The number of nitrogens with one attached hydrogen (secondary N) is 2. The Morgan fingerprint density at radius 1 is 0.771 bits per heavy atom. The molecule has 0 aromatic heterocycles. The number of para-hydroxylation sites is 1. The number of piperazine rings is 1. The van der Waals surface area contributed by atoms with Gasteiger partial charge in [-0.2, -0.15) is 0 Å². The average Bonchev–Trinajstić information content (AvgIpc) is 2.88. The second kappa shape index (κ2) is 11.3. The molecular formula is C26H24Cl2N4O3. The summed E-state index contributed by atoms with van der Waals surface area (Å²) in [7, 11) is 0. The lowest BCUT2D eigenvalue weighted by Crippen LogP contribution is -2.52. The molecule has 1 aliphatic rings. The summed E-state index contributed by atoms with van der Waals surface area (Å²) in [6.45, 7) is 1.41. The summed E-state index contributed by atoms with van der Waals surface area (Å²) in [5, 5.41) is 6.69. The van der Waals surface area contributed by atoms with Crippen molar-refractivity contribution in [3.63, 3.8) is 0 Å². The van der Waals surface area contributed by atoms with Crippen molar-refractivity contribution in [2.45, 2.75) is 0 Å². The maximum Gasteiger partial charge on any atom is 0.255 e. The molecule has 0 spiro atoms. The first-order valence-electron chi connectivity index (χ1n) is 11.1. The molecule has 35 heavy (non-hydrogen) atoms. The number of carbonyl (C=O) groups is 3. The van der Waals surface area contributed by atoms with Crippen LogP contribution in [0.2, 0.25) is 10.0 Å². The fourth-order valence-corrected chi connectivity index (χ4v) is 4.24. The van der Waals surface area contributed by atoms with Crippen LogP contribution in [-0.4, -0.2) is 60.2 Å². The van der Waals surface area contributed by atoms with Gasteiger partial charge in [0, 0.05) is 48.1 Å². The lowest BCUT2D eigenvalue weighted by Gasteiger charge is -2.35. The van der Waals surface area contributed by atoms with Gasteiger partial charge in [-0.15, -0.1) is 0 Å². The number of hydrogen-bond donors (Lipinski definition) is 2. The smallest absolute Gasteiger partial charge is 0.255 e. The van der Waals surface area contributed by atoms with Gasteiger partial charge in [0.05, 0.1) is 17.1 Å². The third-order valence-electron chi connectivity index (χ3n) is 5.69. The van der Waals surface area contributed by atoms with Crippen LogP contribution in [0, 0.1) is 0 Å². The number of halogens is 2. The number of rotatable bonds is 6. The zero-order valence-electron chi connectivity index (χ0n) is 18.8. The maximum atomic E-state index is 12.7. The Morgan fingerprint density at radius 2 is 1.40 bits per heavy atom.